The molecule has 1 aromatic rings. The number of hydrogen-bond donors (Lipinski definition) is 0. The molecule has 0 spiro atoms. The van der Waals surface area contributed by atoms with Gasteiger partial charge in [-0.05, 0) is 33.1 Å². The molecular formula is C15H24N4O2S. The third kappa shape index (κ3) is 3.47. The number of aromatic nitrogens is 2. The average molecular weight is 324 g/mol. The SMILES string of the molecule is Cc1nnc(CN2CCCN(C(=O)C3(C)CCCO3)CC2)s1. The molecule has 0 aliphatic carbocycles. The van der Waals surface area contributed by atoms with Gasteiger partial charge in [-0.15, -0.1) is 21.5 Å². The summed E-state index contributed by atoms with van der Waals surface area (Å²) < 4.78 is 5.70. The molecule has 1 aromatic heterocycles. The lowest BCUT2D eigenvalue weighted by Crippen LogP contribution is -2.48. The molecule has 0 aromatic carbocycles. The first-order valence-electron chi connectivity index (χ1n) is 8.01. The number of ether oxygens (including phenoxy) is 1. The Hall–Kier alpha value is -1.05. The Balaban J connectivity index is 1.56. The second kappa shape index (κ2) is 6.60. The summed E-state index contributed by atoms with van der Waals surface area (Å²) in [6, 6.07) is 0. The topological polar surface area (TPSA) is 58.6 Å². The summed E-state index contributed by atoms with van der Waals surface area (Å²) in [4.78, 5) is 17.1. The van der Waals surface area contributed by atoms with Crippen LogP contribution in [0, 0.1) is 6.92 Å². The molecule has 2 aliphatic rings. The first-order chi connectivity index (χ1) is 10.6. The highest BCUT2D eigenvalue weighted by Crippen LogP contribution is 2.27. The molecule has 2 saturated heterocycles. The minimum Gasteiger partial charge on any atom is -0.365 e. The predicted octanol–water partition coefficient (Wildman–Crippen LogP) is 1.45. The molecular weight excluding hydrogens is 300 g/mol. The average Bonchev–Trinajstić information content (AvgIpc) is 3.03. The van der Waals surface area contributed by atoms with Gasteiger partial charge in [0.15, 0.2) is 0 Å². The van der Waals surface area contributed by atoms with Crippen LogP contribution in [0.1, 0.15) is 36.2 Å². The van der Waals surface area contributed by atoms with Crippen LogP contribution in [0.4, 0.5) is 0 Å². The zero-order valence-corrected chi connectivity index (χ0v) is 14.2. The fourth-order valence-electron chi connectivity index (χ4n) is 3.21. The van der Waals surface area contributed by atoms with Crippen molar-refractivity contribution in [3.8, 4) is 0 Å². The van der Waals surface area contributed by atoms with E-state index in [4.69, 9.17) is 4.74 Å². The van der Waals surface area contributed by atoms with Crippen LogP contribution in [-0.4, -0.2) is 64.3 Å². The Morgan fingerprint density at radius 2 is 2.14 bits per heavy atom. The fourth-order valence-corrected chi connectivity index (χ4v) is 3.96. The second-order valence-electron chi connectivity index (χ2n) is 6.32. The van der Waals surface area contributed by atoms with E-state index in [1.54, 1.807) is 11.3 Å². The quantitative estimate of drug-likeness (QED) is 0.842. The summed E-state index contributed by atoms with van der Waals surface area (Å²) in [7, 11) is 0. The monoisotopic (exact) mass is 324 g/mol. The summed E-state index contributed by atoms with van der Waals surface area (Å²) >= 11 is 1.65. The minimum absolute atomic E-state index is 0.165. The summed E-state index contributed by atoms with van der Waals surface area (Å²) in [5.74, 6) is 0.165. The van der Waals surface area contributed by atoms with E-state index >= 15 is 0 Å². The minimum atomic E-state index is -0.592. The number of hydrogen-bond acceptors (Lipinski definition) is 6. The van der Waals surface area contributed by atoms with Gasteiger partial charge in [0.05, 0.1) is 6.54 Å². The number of amides is 1. The van der Waals surface area contributed by atoms with Gasteiger partial charge >= 0.3 is 0 Å². The van der Waals surface area contributed by atoms with Crippen molar-refractivity contribution in [2.24, 2.45) is 0 Å². The van der Waals surface area contributed by atoms with Gasteiger partial charge in [-0.3, -0.25) is 9.69 Å². The summed E-state index contributed by atoms with van der Waals surface area (Å²) in [6.07, 6.45) is 2.83. The van der Waals surface area contributed by atoms with E-state index in [-0.39, 0.29) is 5.91 Å². The summed E-state index contributed by atoms with van der Waals surface area (Å²) in [6.45, 7) is 8.95. The Bertz CT molecular complexity index is 527. The first-order valence-corrected chi connectivity index (χ1v) is 8.83. The van der Waals surface area contributed by atoms with E-state index in [9.17, 15) is 4.79 Å². The van der Waals surface area contributed by atoms with Gasteiger partial charge < -0.3 is 9.64 Å². The highest BCUT2D eigenvalue weighted by molar-refractivity contribution is 7.11. The molecule has 6 nitrogen and oxygen atoms in total. The molecule has 0 saturated carbocycles. The highest BCUT2D eigenvalue weighted by Gasteiger charge is 2.40. The smallest absolute Gasteiger partial charge is 0.254 e. The molecule has 2 aliphatic heterocycles. The molecule has 1 atom stereocenters. The van der Waals surface area contributed by atoms with Crippen LogP contribution in [0.3, 0.4) is 0 Å². The van der Waals surface area contributed by atoms with Crippen LogP contribution in [0.2, 0.25) is 0 Å². The number of carbonyl (C=O) groups excluding carboxylic acids is 1. The van der Waals surface area contributed by atoms with Crippen LogP contribution >= 0.6 is 11.3 Å². The van der Waals surface area contributed by atoms with Crippen molar-refractivity contribution >= 4 is 17.2 Å². The van der Waals surface area contributed by atoms with E-state index in [0.29, 0.717) is 6.61 Å². The molecule has 122 valence electrons. The van der Waals surface area contributed by atoms with Gasteiger partial charge in [-0.1, -0.05) is 0 Å². The molecule has 1 unspecified atom stereocenters. The van der Waals surface area contributed by atoms with Crippen molar-refractivity contribution in [1.82, 2.24) is 20.0 Å². The second-order valence-corrected chi connectivity index (χ2v) is 7.59. The van der Waals surface area contributed by atoms with Crippen molar-refractivity contribution in [2.75, 3.05) is 32.8 Å². The van der Waals surface area contributed by atoms with Crippen LogP contribution in [0.5, 0.6) is 0 Å². The maximum atomic E-state index is 12.7. The predicted molar refractivity (Wildman–Crippen MR) is 84.7 cm³/mol. The van der Waals surface area contributed by atoms with Crippen LogP contribution in [-0.2, 0) is 16.1 Å². The van der Waals surface area contributed by atoms with E-state index < -0.39 is 5.60 Å². The highest BCUT2D eigenvalue weighted by atomic mass is 32.1. The molecule has 1 amide bonds. The first kappa shape index (κ1) is 15.8. The van der Waals surface area contributed by atoms with Gasteiger partial charge in [0.25, 0.3) is 5.91 Å². The molecule has 0 N–H and O–H groups in total. The van der Waals surface area contributed by atoms with Crippen molar-refractivity contribution in [2.45, 2.75) is 45.3 Å². The molecule has 2 fully saturated rings. The van der Waals surface area contributed by atoms with Crippen molar-refractivity contribution in [1.29, 1.82) is 0 Å². The third-order valence-corrected chi connectivity index (χ3v) is 5.30. The van der Waals surface area contributed by atoms with Gasteiger partial charge in [0, 0.05) is 32.8 Å². The zero-order chi connectivity index (χ0) is 15.6. The van der Waals surface area contributed by atoms with Crippen molar-refractivity contribution in [3.63, 3.8) is 0 Å². The zero-order valence-electron chi connectivity index (χ0n) is 13.4. The normalized spacial score (nSPS) is 27.1. The lowest BCUT2D eigenvalue weighted by atomic mass is 10.0. The molecule has 0 radical (unpaired) electrons. The molecule has 0 bridgehead atoms. The Morgan fingerprint density at radius 3 is 2.82 bits per heavy atom. The number of carbonyl (C=O) groups is 1. The van der Waals surface area contributed by atoms with Crippen LogP contribution in [0.15, 0.2) is 0 Å². The summed E-state index contributed by atoms with van der Waals surface area (Å²) in [5, 5.41) is 10.3. The van der Waals surface area contributed by atoms with E-state index in [0.717, 1.165) is 62.0 Å². The van der Waals surface area contributed by atoms with Crippen molar-refractivity contribution in [3.05, 3.63) is 10.0 Å². The lowest BCUT2D eigenvalue weighted by Gasteiger charge is -2.30. The number of rotatable bonds is 3. The summed E-state index contributed by atoms with van der Waals surface area (Å²) in [5.41, 5.74) is -0.592. The maximum Gasteiger partial charge on any atom is 0.254 e. The van der Waals surface area contributed by atoms with Crippen molar-refractivity contribution < 1.29 is 9.53 Å². The Labute approximate surface area is 135 Å². The van der Waals surface area contributed by atoms with Gasteiger partial charge in [-0.2, -0.15) is 0 Å². The largest absolute Gasteiger partial charge is 0.365 e. The van der Waals surface area contributed by atoms with E-state index in [2.05, 4.69) is 15.1 Å². The lowest BCUT2D eigenvalue weighted by molar-refractivity contribution is -0.150. The van der Waals surface area contributed by atoms with Gasteiger partial charge in [0.2, 0.25) is 0 Å². The molecule has 22 heavy (non-hydrogen) atoms. The molecule has 3 rings (SSSR count). The van der Waals surface area contributed by atoms with Gasteiger partial charge in [-0.25, -0.2) is 0 Å². The Kier molecular flexibility index (Phi) is 4.75. The maximum absolute atomic E-state index is 12.7. The fraction of sp³-hybridized carbons (Fsp3) is 0.800. The molecule has 7 heteroatoms. The van der Waals surface area contributed by atoms with E-state index in [1.165, 1.54) is 0 Å². The van der Waals surface area contributed by atoms with Gasteiger partial charge in [0.1, 0.15) is 15.6 Å². The Morgan fingerprint density at radius 1 is 1.27 bits per heavy atom. The van der Waals surface area contributed by atoms with Crippen LogP contribution in [0.25, 0.3) is 0 Å². The van der Waals surface area contributed by atoms with Crippen LogP contribution < -0.4 is 0 Å². The number of nitrogens with zero attached hydrogens (tertiary/aromatic N) is 4. The van der Waals surface area contributed by atoms with E-state index in [1.807, 2.05) is 18.7 Å². The molecule has 3 heterocycles. The third-order valence-electron chi connectivity index (χ3n) is 4.47. The standard InChI is InChI=1S/C15H24N4O2S/c1-12-16-17-13(22-12)11-18-6-4-7-19(9-8-18)14(20)15(2)5-3-10-21-15/h3-11H2,1-2H3. The number of aryl methyl sites for hydroxylation is 1.